The Bertz CT molecular complexity index is 1010. The number of carbonyl (C=O) groups is 2. The van der Waals surface area contributed by atoms with Crippen molar-refractivity contribution in [1.82, 2.24) is 9.97 Å². The fraction of sp³-hybridized carbons (Fsp3) is 0.238. The maximum atomic E-state index is 12.6. The Labute approximate surface area is 173 Å². The van der Waals surface area contributed by atoms with E-state index in [2.05, 4.69) is 15.3 Å². The molecular weight excluding hydrogens is 388 g/mol. The highest BCUT2D eigenvalue weighted by Gasteiger charge is 2.35. The topological polar surface area (TPSA) is 107 Å². The molecule has 1 unspecified atom stereocenters. The summed E-state index contributed by atoms with van der Waals surface area (Å²) in [6.45, 7) is 5.37. The van der Waals surface area contributed by atoms with Crippen LogP contribution in [0.5, 0.6) is 0 Å². The zero-order chi connectivity index (χ0) is 21.0. The first kappa shape index (κ1) is 20.5. The van der Waals surface area contributed by atoms with Gasteiger partial charge in [-0.1, -0.05) is 39.0 Å². The van der Waals surface area contributed by atoms with E-state index in [1.165, 1.54) is 11.3 Å². The Balaban J connectivity index is 1.79. The van der Waals surface area contributed by atoms with Crippen LogP contribution in [0.25, 0.3) is 22.4 Å². The van der Waals surface area contributed by atoms with Gasteiger partial charge in [0.2, 0.25) is 0 Å². The molecule has 3 rings (SSSR count). The normalized spacial score (nSPS) is 12.2. The summed E-state index contributed by atoms with van der Waals surface area (Å²) < 4.78 is 5.00. The van der Waals surface area contributed by atoms with Crippen LogP contribution in [0.3, 0.4) is 0 Å². The van der Waals surface area contributed by atoms with Crippen LogP contribution in [0.4, 0.5) is 9.93 Å². The van der Waals surface area contributed by atoms with Gasteiger partial charge in [0.1, 0.15) is 0 Å². The Morgan fingerprint density at radius 3 is 2.45 bits per heavy atom. The van der Waals surface area contributed by atoms with Gasteiger partial charge in [-0.2, -0.15) is 0 Å². The van der Waals surface area contributed by atoms with E-state index in [-0.39, 0.29) is 0 Å². The van der Waals surface area contributed by atoms with Gasteiger partial charge in [-0.05, 0) is 29.3 Å². The van der Waals surface area contributed by atoms with Crippen molar-refractivity contribution < 1.29 is 14.3 Å². The summed E-state index contributed by atoms with van der Waals surface area (Å²) >= 11 is 1.30. The third-order valence-corrected chi connectivity index (χ3v) is 4.92. The Morgan fingerprint density at radius 1 is 1.10 bits per heavy atom. The van der Waals surface area contributed by atoms with Crippen LogP contribution in [0.1, 0.15) is 20.8 Å². The summed E-state index contributed by atoms with van der Waals surface area (Å²) in [5, 5.41) is 5.00. The summed E-state index contributed by atoms with van der Waals surface area (Å²) in [6, 6.07) is 11.8. The van der Waals surface area contributed by atoms with Crippen molar-refractivity contribution >= 4 is 28.5 Å². The number of hydrogen-bond donors (Lipinski definition) is 2. The van der Waals surface area contributed by atoms with Gasteiger partial charge in [-0.15, -0.1) is 11.3 Å². The number of nitrogens with two attached hydrogens (primary N) is 1. The van der Waals surface area contributed by atoms with Gasteiger partial charge < -0.3 is 10.5 Å². The number of hydrogen-bond acceptors (Lipinski definition) is 6. The van der Waals surface area contributed by atoms with E-state index in [1.54, 1.807) is 33.2 Å². The summed E-state index contributed by atoms with van der Waals surface area (Å²) in [5.74, 6) is -0.470. The molecule has 0 aliphatic carbocycles. The van der Waals surface area contributed by atoms with Gasteiger partial charge in [-0.3, -0.25) is 15.1 Å². The molecule has 0 aliphatic rings. The van der Waals surface area contributed by atoms with Crippen LogP contribution in [0, 0.1) is 5.41 Å². The Hall–Kier alpha value is -3.26. The smallest absolute Gasteiger partial charge is 0.405 e. The second-order valence-corrected chi connectivity index (χ2v) is 8.38. The fourth-order valence-corrected chi connectivity index (χ4v) is 3.50. The second-order valence-electron chi connectivity index (χ2n) is 7.53. The molecule has 2 amide bonds. The molecule has 0 fully saturated rings. The number of primary amides is 1. The van der Waals surface area contributed by atoms with Crippen molar-refractivity contribution in [1.29, 1.82) is 0 Å². The number of ether oxygens (including phenoxy) is 1. The van der Waals surface area contributed by atoms with Crippen molar-refractivity contribution in [2.24, 2.45) is 11.1 Å². The molecule has 3 N–H and O–H groups in total. The highest BCUT2D eigenvalue weighted by molar-refractivity contribution is 7.14. The van der Waals surface area contributed by atoms with Gasteiger partial charge in [0.25, 0.3) is 5.91 Å². The second kappa shape index (κ2) is 8.40. The highest BCUT2D eigenvalue weighted by atomic mass is 32.1. The monoisotopic (exact) mass is 410 g/mol. The van der Waals surface area contributed by atoms with Crippen LogP contribution in [-0.4, -0.2) is 28.1 Å². The van der Waals surface area contributed by atoms with Gasteiger partial charge in [0.05, 0.1) is 5.69 Å². The van der Waals surface area contributed by atoms with Crippen molar-refractivity contribution in [3.63, 3.8) is 0 Å². The summed E-state index contributed by atoms with van der Waals surface area (Å²) in [7, 11) is 0. The van der Waals surface area contributed by atoms with Crippen LogP contribution >= 0.6 is 11.3 Å². The predicted molar refractivity (Wildman–Crippen MR) is 113 cm³/mol. The minimum atomic E-state index is -1.03. The number of amides is 2. The number of pyridine rings is 1. The third kappa shape index (κ3) is 5.17. The molecule has 1 aromatic carbocycles. The van der Waals surface area contributed by atoms with Crippen molar-refractivity contribution in [3.8, 4) is 22.4 Å². The van der Waals surface area contributed by atoms with E-state index in [0.29, 0.717) is 5.13 Å². The molecule has 0 spiro atoms. The largest absolute Gasteiger partial charge is 0.436 e. The standard InChI is InChI=1S/C21H22N4O3S/c1-21(2,3)17(28-19(22)27)18(26)25-20-24-16(12-29-20)15-6-4-5-14(11-15)13-7-9-23-10-8-13/h4-12,17H,1-3H3,(H2,22,27)(H,24,25,26). The molecule has 2 heterocycles. The maximum absolute atomic E-state index is 12.6. The quantitative estimate of drug-likeness (QED) is 0.651. The number of benzene rings is 1. The molecule has 7 nitrogen and oxygen atoms in total. The van der Waals surface area contributed by atoms with E-state index in [1.807, 2.05) is 41.8 Å². The zero-order valence-electron chi connectivity index (χ0n) is 16.4. The molecular formula is C21H22N4O3S. The molecule has 0 bridgehead atoms. The predicted octanol–water partition coefficient (Wildman–Crippen LogP) is 4.32. The van der Waals surface area contributed by atoms with E-state index in [0.717, 1.165) is 22.4 Å². The van der Waals surface area contributed by atoms with Crippen molar-refractivity contribution in [3.05, 3.63) is 54.2 Å². The molecule has 8 heteroatoms. The lowest BCUT2D eigenvalue weighted by molar-refractivity contribution is -0.129. The lowest BCUT2D eigenvalue weighted by atomic mass is 9.88. The number of anilines is 1. The highest BCUT2D eigenvalue weighted by Crippen LogP contribution is 2.30. The minimum absolute atomic E-state index is 0.418. The average Bonchev–Trinajstić information content (AvgIpc) is 3.14. The Kier molecular flexibility index (Phi) is 5.93. The summed E-state index contributed by atoms with van der Waals surface area (Å²) in [4.78, 5) is 32.3. The Morgan fingerprint density at radius 2 is 1.79 bits per heavy atom. The zero-order valence-corrected chi connectivity index (χ0v) is 17.2. The maximum Gasteiger partial charge on any atom is 0.405 e. The number of nitrogens with zero attached hydrogens (tertiary/aromatic N) is 2. The SMILES string of the molecule is CC(C)(C)C(OC(N)=O)C(=O)Nc1nc(-c2cccc(-c3ccncc3)c2)cs1. The average molecular weight is 410 g/mol. The third-order valence-electron chi connectivity index (χ3n) is 4.17. The number of nitrogens with one attached hydrogen (secondary N) is 1. The van der Waals surface area contributed by atoms with Crippen molar-refractivity contribution in [2.45, 2.75) is 26.9 Å². The van der Waals surface area contributed by atoms with E-state index in [9.17, 15) is 9.59 Å². The van der Waals surface area contributed by atoms with Crippen molar-refractivity contribution in [2.75, 3.05) is 5.32 Å². The van der Waals surface area contributed by atoms with Crippen LogP contribution < -0.4 is 11.1 Å². The molecule has 3 aromatic rings. The summed E-state index contributed by atoms with van der Waals surface area (Å²) in [6.07, 6.45) is 1.48. The number of rotatable bonds is 5. The molecule has 29 heavy (non-hydrogen) atoms. The van der Waals surface area contributed by atoms with E-state index in [4.69, 9.17) is 10.5 Å². The molecule has 150 valence electrons. The van der Waals surface area contributed by atoms with Crippen LogP contribution in [0.15, 0.2) is 54.2 Å². The fourth-order valence-electron chi connectivity index (χ4n) is 2.78. The molecule has 2 aromatic heterocycles. The molecule has 0 saturated heterocycles. The first-order valence-corrected chi connectivity index (χ1v) is 9.85. The van der Waals surface area contributed by atoms with Gasteiger partial charge >= 0.3 is 6.09 Å². The number of aromatic nitrogens is 2. The van der Waals surface area contributed by atoms with E-state index >= 15 is 0 Å². The lowest BCUT2D eigenvalue weighted by Gasteiger charge is -2.27. The lowest BCUT2D eigenvalue weighted by Crippen LogP contribution is -2.43. The van der Waals surface area contributed by atoms with E-state index < -0.39 is 23.5 Å². The molecule has 1 atom stereocenters. The molecule has 0 saturated carbocycles. The molecule has 0 aliphatic heterocycles. The van der Waals surface area contributed by atoms with Gasteiger partial charge in [0.15, 0.2) is 11.2 Å². The first-order chi connectivity index (χ1) is 13.7. The molecule has 0 radical (unpaired) electrons. The van der Waals surface area contributed by atoms with Gasteiger partial charge in [-0.25, -0.2) is 9.78 Å². The number of thiazole rings is 1. The van der Waals surface area contributed by atoms with Crippen LogP contribution in [-0.2, 0) is 9.53 Å². The summed E-state index contributed by atoms with van der Waals surface area (Å²) in [5.41, 5.74) is 8.27. The number of carbonyl (C=O) groups excluding carboxylic acids is 2. The van der Waals surface area contributed by atoms with Gasteiger partial charge in [0, 0.05) is 28.8 Å². The minimum Gasteiger partial charge on any atom is -0.436 e. The van der Waals surface area contributed by atoms with Crippen LogP contribution in [0.2, 0.25) is 0 Å². The first-order valence-electron chi connectivity index (χ1n) is 8.97.